The van der Waals surface area contributed by atoms with Crippen molar-refractivity contribution in [2.45, 2.75) is 19.3 Å². The van der Waals surface area contributed by atoms with E-state index in [2.05, 4.69) is 5.32 Å². The van der Waals surface area contributed by atoms with Crippen molar-refractivity contribution in [3.63, 3.8) is 0 Å². The number of nitrogens with zero attached hydrogens (tertiary/aromatic N) is 1. The SMILES string of the molecule is O=C(NCCc1ccc2c(c1)OCCO2)N1CCCC1. The minimum Gasteiger partial charge on any atom is -0.486 e. The summed E-state index contributed by atoms with van der Waals surface area (Å²) in [7, 11) is 0. The van der Waals surface area contributed by atoms with Crippen LogP contribution in [0.3, 0.4) is 0 Å². The van der Waals surface area contributed by atoms with Gasteiger partial charge in [-0.05, 0) is 37.0 Å². The van der Waals surface area contributed by atoms with Crippen LogP contribution in [0.15, 0.2) is 18.2 Å². The lowest BCUT2D eigenvalue weighted by Gasteiger charge is -2.19. The highest BCUT2D eigenvalue weighted by Crippen LogP contribution is 2.30. The molecule has 2 heterocycles. The second kappa shape index (κ2) is 6.03. The number of urea groups is 1. The number of carbonyl (C=O) groups is 1. The zero-order valence-corrected chi connectivity index (χ0v) is 11.6. The van der Waals surface area contributed by atoms with Crippen LogP contribution in [0.4, 0.5) is 4.79 Å². The number of benzene rings is 1. The summed E-state index contributed by atoms with van der Waals surface area (Å²) in [6, 6.07) is 6.01. The number of hydrogen-bond donors (Lipinski definition) is 1. The van der Waals surface area contributed by atoms with E-state index in [0.29, 0.717) is 19.8 Å². The molecule has 0 bridgehead atoms. The molecule has 0 radical (unpaired) electrons. The Morgan fingerprint density at radius 2 is 1.90 bits per heavy atom. The molecule has 0 spiro atoms. The average Bonchev–Trinajstić information content (AvgIpc) is 3.01. The molecule has 5 nitrogen and oxygen atoms in total. The minimum absolute atomic E-state index is 0.0556. The van der Waals surface area contributed by atoms with Gasteiger partial charge in [-0.25, -0.2) is 4.79 Å². The Bertz CT molecular complexity index is 484. The van der Waals surface area contributed by atoms with E-state index >= 15 is 0 Å². The van der Waals surface area contributed by atoms with Gasteiger partial charge in [-0.15, -0.1) is 0 Å². The maximum Gasteiger partial charge on any atom is 0.317 e. The predicted molar refractivity (Wildman–Crippen MR) is 75.3 cm³/mol. The molecule has 1 saturated heterocycles. The molecule has 2 amide bonds. The third-order valence-electron chi connectivity index (χ3n) is 3.69. The van der Waals surface area contributed by atoms with Gasteiger partial charge in [0, 0.05) is 19.6 Å². The fourth-order valence-corrected chi connectivity index (χ4v) is 2.59. The molecule has 20 heavy (non-hydrogen) atoms. The van der Waals surface area contributed by atoms with Crippen molar-refractivity contribution >= 4 is 6.03 Å². The first kappa shape index (κ1) is 13.1. The molecule has 0 saturated carbocycles. The van der Waals surface area contributed by atoms with Crippen molar-refractivity contribution in [2.75, 3.05) is 32.8 Å². The van der Waals surface area contributed by atoms with Gasteiger partial charge in [0.05, 0.1) is 0 Å². The highest BCUT2D eigenvalue weighted by atomic mass is 16.6. The first-order valence-electron chi connectivity index (χ1n) is 7.24. The maximum atomic E-state index is 11.8. The highest BCUT2D eigenvalue weighted by molar-refractivity contribution is 5.74. The molecular weight excluding hydrogens is 256 g/mol. The summed E-state index contributed by atoms with van der Waals surface area (Å²) in [6.45, 7) is 3.63. The Kier molecular flexibility index (Phi) is 3.95. The van der Waals surface area contributed by atoms with Gasteiger partial charge in [0.2, 0.25) is 0 Å². The normalized spacial score (nSPS) is 17.1. The van der Waals surface area contributed by atoms with Crippen molar-refractivity contribution in [1.29, 1.82) is 0 Å². The van der Waals surface area contributed by atoms with Crippen LogP contribution in [0.5, 0.6) is 11.5 Å². The predicted octanol–water partition coefficient (Wildman–Crippen LogP) is 1.81. The van der Waals surface area contributed by atoms with Crippen LogP contribution >= 0.6 is 0 Å². The molecule has 1 aromatic carbocycles. The summed E-state index contributed by atoms with van der Waals surface area (Å²) in [4.78, 5) is 13.7. The molecule has 1 N–H and O–H groups in total. The Morgan fingerprint density at radius 3 is 2.70 bits per heavy atom. The molecule has 0 aliphatic carbocycles. The second-order valence-corrected chi connectivity index (χ2v) is 5.15. The molecule has 108 valence electrons. The lowest BCUT2D eigenvalue weighted by Crippen LogP contribution is -2.38. The monoisotopic (exact) mass is 276 g/mol. The molecule has 0 unspecified atom stereocenters. The topological polar surface area (TPSA) is 50.8 Å². The van der Waals surface area contributed by atoms with Crippen LogP contribution in [0.1, 0.15) is 18.4 Å². The number of rotatable bonds is 3. The second-order valence-electron chi connectivity index (χ2n) is 5.15. The van der Waals surface area contributed by atoms with Gasteiger partial charge in [0.25, 0.3) is 0 Å². The van der Waals surface area contributed by atoms with Crippen LogP contribution in [0.25, 0.3) is 0 Å². The lowest BCUT2D eigenvalue weighted by atomic mass is 10.1. The standard InChI is InChI=1S/C15H20N2O3/c18-15(17-7-1-2-8-17)16-6-5-12-3-4-13-14(11-12)20-10-9-19-13/h3-4,11H,1-2,5-10H2,(H,16,18). The Morgan fingerprint density at radius 1 is 1.15 bits per heavy atom. The first-order chi connectivity index (χ1) is 9.83. The van der Waals surface area contributed by atoms with E-state index in [1.54, 1.807) is 0 Å². The van der Waals surface area contributed by atoms with Gasteiger partial charge in [-0.1, -0.05) is 6.07 Å². The van der Waals surface area contributed by atoms with E-state index < -0.39 is 0 Å². The number of carbonyl (C=O) groups excluding carboxylic acids is 1. The average molecular weight is 276 g/mol. The number of ether oxygens (including phenoxy) is 2. The largest absolute Gasteiger partial charge is 0.486 e. The fraction of sp³-hybridized carbons (Fsp3) is 0.533. The van der Waals surface area contributed by atoms with E-state index in [-0.39, 0.29) is 6.03 Å². The number of likely N-dealkylation sites (tertiary alicyclic amines) is 1. The van der Waals surface area contributed by atoms with E-state index in [9.17, 15) is 4.79 Å². The summed E-state index contributed by atoms with van der Waals surface area (Å²) >= 11 is 0. The smallest absolute Gasteiger partial charge is 0.317 e. The van der Waals surface area contributed by atoms with Crippen LogP contribution in [0, 0.1) is 0 Å². The number of fused-ring (bicyclic) bond motifs is 1. The molecule has 0 atom stereocenters. The van der Waals surface area contributed by atoms with Crippen LogP contribution < -0.4 is 14.8 Å². The molecular formula is C15H20N2O3. The summed E-state index contributed by atoms with van der Waals surface area (Å²) < 4.78 is 11.0. The molecule has 1 aromatic rings. The quantitative estimate of drug-likeness (QED) is 0.916. The fourth-order valence-electron chi connectivity index (χ4n) is 2.59. The van der Waals surface area contributed by atoms with Gasteiger partial charge in [-0.3, -0.25) is 0 Å². The minimum atomic E-state index is 0.0556. The number of amides is 2. The van der Waals surface area contributed by atoms with Crippen LogP contribution in [0.2, 0.25) is 0 Å². The summed E-state index contributed by atoms with van der Waals surface area (Å²) in [5.41, 5.74) is 1.15. The lowest BCUT2D eigenvalue weighted by molar-refractivity contribution is 0.171. The van der Waals surface area contributed by atoms with Crippen molar-refractivity contribution in [3.8, 4) is 11.5 Å². The van der Waals surface area contributed by atoms with Crippen molar-refractivity contribution in [1.82, 2.24) is 10.2 Å². The van der Waals surface area contributed by atoms with E-state index in [1.165, 1.54) is 0 Å². The first-order valence-corrected chi connectivity index (χ1v) is 7.24. The molecule has 5 heteroatoms. The van der Waals surface area contributed by atoms with Gasteiger partial charge < -0.3 is 19.7 Å². The summed E-state index contributed by atoms with van der Waals surface area (Å²) in [5, 5.41) is 2.97. The van der Waals surface area contributed by atoms with Gasteiger partial charge >= 0.3 is 6.03 Å². The van der Waals surface area contributed by atoms with Crippen LogP contribution in [-0.2, 0) is 6.42 Å². The van der Waals surface area contributed by atoms with E-state index in [4.69, 9.17) is 9.47 Å². The molecule has 1 fully saturated rings. The van der Waals surface area contributed by atoms with Crippen molar-refractivity contribution < 1.29 is 14.3 Å². The zero-order chi connectivity index (χ0) is 13.8. The third kappa shape index (κ3) is 2.98. The van der Waals surface area contributed by atoms with Crippen molar-refractivity contribution in [3.05, 3.63) is 23.8 Å². The van der Waals surface area contributed by atoms with Crippen molar-refractivity contribution in [2.24, 2.45) is 0 Å². The van der Waals surface area contributed by atoms with Gasteiger partial charge in [-0.2, -0.15) is 0 Å². The number of hydrogen-bond acceptors (Lipinski definition) is 3. The van der Waals surface area contributed by atoms with Gasteiger partial charge in [0.15, 0.2) is 11.5 Å². The Hall–Kier alpha value is -1.91. The van der Waals surface area contributed by atoms with E-state index in [1.807, 2.05) is 23.1 Å². The molecule has 3 rings (SSSR count). The summed E-state index contributed by atoms with van der Waals surface area (Å²) in [5.74, 6) is 1.61. The molecule has 2 aliphatic heterocycles. The zero-order valence-electron chi connectivity index (χ0n) is 11.6. The highest BCUT2D eigenvalue weighted by Gasteiger charge is 2.17. The summed E-state index contributed by atoms with van der Waals surface area (Å²) in [6.07, 6.45) is 3.04. The number of nitrogens with one attached hydrogen (secondary N) is 1. The third-order valence-corrected chi connectivity index (χ3v) is 3.69. The van der Waals surface area contributed by atoms with Gasteiger partial charge in [0.1, 0.15) is 13.2 Å². The molecule has 2 aliphatic rings. The molecule has 0 aromatic heterocycles. The Labute approximate surface area is 118 Å². The Balaban J connectivity index is 1.49. The van der Waals surface area contributed by atoms with Crippen LogP contribution in [-0.4, -0.2) is 43.8 Å². The maximum absolute atomic E-state index is 11.8. The van der Waals surface area contributed by atoms with E-state index in [0.717, 1.165) is 49.4 Å².